The molecule has 5 nitrogen and oxygen atoms in total. The number of aromatic hydroxyl groups is 1. The maximum atomic E-state index is 13.0. The van der Waals surface area contributed by atoms with Gasteiger partial charge in [-0.3, -0.25) is 9.59 Å². The summed E-state index contributed by atoms with van der Waals surface area (Å²) in [6.45, 7) is 5.73. The van der Waals surface area contributed by atoms with Gasteiger partial charge in [0.2, 0.25) is 0 Å². The van der Waals surface area contributed by atoms with Crippen LogP contribution < -0.4 is 10.9 Å². The molecule has 0 saturated carbocycles. The fourth-order valence-corrected chi connectivity index (χ4v) is 3.91. The highest BCUT2D eigenvalue weighted by atomic mass is 16.3. The summed E-state index contributed by atoms with van der Waals surface area (Å²) in [4.78, 5) is 25.9. The van der Waals surface area contributed by atoms with Gasteiger partial charge in [0.05, 0.1) is 5.52 Å². The third kappa shape index (κ3) is 2.24. The highest BCUT2D eigenvalue weighted by Gasteiger charge is 2.29. The fourth-order valence-electron chi connectivity index (χ4n) is 3.91. The second-order valence-corrected chi connectivity index (χ2v) is 6.99. The largest absolute Gasteiger partial charge is 0.506 e. The van der Waals surface area contributed by atoms with E-state index in [1.807, 2.05) is 51.1 Å². The number of aryl methyl sites for hydroxylation is 2. The lowest BCUT2D eigenvalue weighted by Crippen LogP contribution is -2.30. The number of amides is 1. The van der Waals surface area contributed by atoms with Crippen LogP contribution in [0.3, 0.4) is 0 Å². The van der Waals surface area contributed by atoms with E-state index in [2.05, 4.69) is 5.32 Å². The number of nitrogens with one attached hydrogen (secondary N) is 1. The van der Waals surface area contributed by atoms with Gasteiger partial charge in [0, 0.05) is 17.1 Å². The number of aromatic nitrogens is 1. The molecule has 0 radical (unpaired) electrons. The van der Waals surface area contributed by atoms with Crippen molar-refractivity contribution in [3.05, 3.63) is 69.0 Å². The summed E-state index contributed by atoms with van der Waals surface area (Å²) in [7, 11) is 0. The molecule has 0 bridgehead atoms. The van der Waals surface area contributed by atoms with Gasteiger partial charge in [-0.25, -0.2) is 0 Å². The van der Waals surface area contributed by atoms with Crippen molar-refractivity contribution >= 4 is 22.5 Å². The topological polar surface area (TPSA) is 71.3 Å². The zero-order valence-corrected chi connectivity index (χ0v) is 15.0. The number of hydrogen-bond donors (Lipinski definition) is 2. The van der Waals surface area contributed by atoms with E-state index in [1.165, 1.54) is 0 Å². The number of para-hydroxylation sites is 2. The second-order valence-electron chi connectivity index (χ2n) is 6.99. The van der Waals surface area contributed by atoms with Crippen LogP contribution in [0.15, 0.2) is 41.2 Å². The molecule has 0 fully saturated rings. The summed E-state index contributed by atoms with van der Waals surface area (Å²) in [5, 5.41) is 14.1. The lowest BCUT2D eigenvalue weighted by Gasteiger charge is -2.15. The summed E-state index contributed by atoms with van der Waals surface area (Å²) in [6, 6.07) is 11.2. The molecular formula is C21H20N2O3. The zero-order chi connectivity index (χ0) is 18.6. The lowest BCUT2D eigenvalue weighted by molar-refractivity contribution is 0.102. The Labute approximate surface area is 150 Å². The Morgan fingerprint density at radius 1 is 1.15 bits per heavy atom. The minimum atomic E-state index is -0.583. The molecule has 1 atom stereocenters. The zero-order valence-electron chi connectivity index (χ0n) is 15.0. The van der Waals surface area contributed by atoms with E-state index < -0.39 is 11.5 Å². The number of carbonyl (C=O) groups is 1. The van der Waals surface area contributed by atoms with Crippen LogP contribution in [0.4, 0.5) is 5.69 Å². The van der Waals surface area contributed by atoms with Crippen LogP contribution in [-0.2, 0) is 6.42 Å². The van der Waals surface area contributed by atoms with Gasteiger partial charge >= 0.3 is 0 Å². The van der Waals surface area contributed by atoms with Gasteiger partial charge in [-0.1, -0.05) is 30.3 Å². The van der Waals surface area contributed by atoms with Crippen molar-refractivity contribution in [2.75, 3.05) is 5.32 Å². The SMILES string of the molecule is Cc1cccc(C)c1NC(=O)c1c(O)c2cccc3c2n(c1=O)[C@H](C)C3. The lowest BCUT2D eigenvalue weighted by atomic mass is 10.1. The molecule has 3 aromatic rings. The maximum absolute atomic E-state index is 13.0. The third-order valence-corrected chi connectivity index (χ3v) is 5.19. The third-order valence-electron chi connectivity index (χ3n) is 5.19. The molecule has 2 heterocycles. The normalized spacial score (nSPS) is 15.4. The Morgan fingerprint density at radius 2 is 1.81 bits per heavy atom. The molecule has 0 unspecified atom stereocenters. The summed E-state index contributed by atoms with van der Waals surface area (Å²) in [6.07, 6.45) is 0.716. The molecule has 2 N–H and O–H groups in total. The van der Waals surface area contributed by atoms with Crippen LogP contribution in [0, 0.1) is 13.8 Å². The highest BCUT2D eigenvalue weighted by molar-refractivity contribution is 6.10. The first-order chi connectivity index (χ1) is 12.4. The van der Waals surface area contributed by atoms with Crippen molar-refractivity contribution in [2.45, 2.75) is 33.2 Å². The van der Waals surface area contributed by atoms with Gasteiger partial charge in [-0.15, -0.1) is 0 Å². The molecule has 0 spiro atoms. The van der Waals surface area contributed by atoms with E-state index in [0.29, 0.717) is 17.5 Å². The molecule has 1 aliphatic rings. The van der Waals surface area contributed by atoms with Crippen LogP contribution in [0.1, 0.15) is 40.0 Å². The van der Waals surface area contributed by atoms with E-state index in [1.54, 1.807) is 10.6 Å². The Hall–Kier alpha value is -3.08. The number of rotatable bonds is 2. The van der Waals surface area contributed by atoms with Crippen LogP contribution >= 0.6 is 0 Å². The van der Waals surface area contributed by atoms with Crippen LogP contribution in [0.25, 0.3) is 10.9 Å². The van der Waals surface area contributed by atoms with Crippen molar-refractivity contribution < 1.29 is 9.90 Å². The number of pyridine rings is 1. The predicted octanol–water partition coefficient (Wildman–Crippen LogP) is 3.69. The standard InChI is InChI=1S/C21H20N2O3/c1-11-6-4-7-12(2)17(11)22-20(25)16-19(24)15-9-5-8-14-10-13(3)23(18(14)15)21(16)26/h4-9,13,24H,10H2,1-3H3,(H,22,25)/t13-/m1/s1. The fraction of sp³-hybridized carbons (Fsp3) is 0.238. The summed E-state index contributed by atoms with van der Waals surface area (Å²) >= 11 is 0. The van der Waals surface area contributed by atoms with E-state index in [9.17, 15) is 14.7 Å². The summed E-state index contributed by atoms with van der Waals surface area (Å²) < 4.78 is 1.63. The summed E-state index contributed by atoms with van der Waals surface area (Å²) in [5.41, 5.74) is 3.56. The minimum Gasteiger partial charge on any atom is -0.506 e. The van der Waals surface area contributed by atoms with Crippen molar-refractivity contribution in [1.82, 2.24) is 4.57 Å². The molecule has 26 heavy (non-hydrogen) atoms. The molecule has 2 aromatic carbocycles. The first kappa shape index (κ1) is 16.4. The molecule has 1 amide bonds. The van der Waals surface area contributed by atoms with Crippen molar-refractivity contribution in [3.8, 4) is 5.75 Å². The molecule has 5 heteroatoms. The predicted molar refractivity (Wildman–Crippen MR) is 102 cm³/mol. The highest BCUT2D eigenvalue weighted by Crippen LogP contribution is 2.36. The molecule has 132 valence electrons. The van der Waals surface area contributed by atoms with Gasteiger partial charge < -0.3 is 15.0 Å². The smallest absolute Gasteiger partial charge is 0.268 e. The van der Waals surface area contributed by atoms with Crippen LogP contribution in [0.5, 0.6) is 5.75 Å². The van der Waals surface area contributed by atoms with Gasteiger partial charge in [-0.2, -0.15) is 0 Å². The first-order valence-corrected chi connectivity index (χ1v) is 8.66. The number of anilines is 1. The minimum absolute atomic E-state index is 0.0465. The van der Waals surface area contributed by atoms with Gasteiger partial charge in [0.25, 0.3) is 11.5 Å². The van der Waals surface area contributed by atoms with Crippen molar-refractivity contribution in [1.29, 1.82) is 0 Å². The number of benzene rings is 2. The van der Waals surface area contributed by atoms with Crippen molar-refractivity contribution in [2.24, 2.45) is 0 Å². The van der Waals surface area contributed by atoms with Crippen LogP contribution in [0.2, 0.25) is 0 Å². The number of carbonyl (C=O) groups excluding carboxylic acids is 1. The van der Waals surface area contributed by atoms with Gasteiger partial charge in [0.1, 0.15) is 11.3 Å². The Morgan fingerprint density at radius 3 is 2.50 bits per heavy atom. The van der Waals surface area contributed by atoms with Gasteiger partial charge in [0.15, 0.2) is 0 Å². The Kier molecular flexibility index (Phi) is 3.61. The second kappa shape index (κ2) is 5.73. The average Bonchev–Trinajstić information content (AvgIpc) is 2.93. The van der Waals surface area contributed by atoms with E-state index in [-0.39, 0.29) is 17.4 Å². The summed E-state index contributed by atoms with van der Waals surface area (Å²) in [5.74, 6) is -0.832. The Bertz CT molecular complexity index is 1110. The molecule has 4 rings (SSSR count). The van der Waals surface area contributed by atoms with E-state index in [4.69, 9.17) is 0 Å². The van der Waals surface area contributed by atoms with Crippen molar-refractivity contribution in [3.63, 3.8) is 0 Å². The molecule has 0 saturated heterocycles. The number of nitrogens with zero attached hydrogens (tertiary/aromatic N) is 1. The number of hydrogen-bond acceptors (Lipinski definition) is 3. The molecular weight excluding hydrogens is 328 g/mol. The van der Waals surface area contributed by atoms with E-state index in [0.717, 1.165) is 22.2 Å². The van der Waals surface area contributed by atoms with Crippen LogP contribution in [-0.4, -0.2) is 15.6 Å². The quantitative estimate of drug-likeness (QED) is 0.742. The Balaban J connectivity index is 1.91. The molecule has 1 aliphatic heterocycles. The van der Waals surface area contributed by atoms with Gasteiger partial charge in [-0.05, 0) is 49.9 Å². The maximum Gasteiger partial charge on any atom is 0.268 e. The average molecular weight is 348 g/mol. The molecule has 0 aliphatic carbocycles. The first-order valence-electron chi connectivity index (χ1n) is 8.66. The van der Waals surface area contributed by atoms with E-state index >= 15 is 0 Å². The monoisotopic (exact) mass is 348 g/mol. The molecule has 1 aromatic heterocycles.